The lowest BCUT2D eigenvalue weighted by Crippen LogP contribution is -2.38. The predicted octanol–water partition coefficient (Wildman–Crippen LogP) is 4.26. The molecule has 1 aromatic heterocycles. The summed E-state index contributed by atoms with van der Waals surface area (Å²) in [5.41, 5.74) is 3.92. The number of amides is 1. The first kappa shape index (κ1) is 19.3. The first-order valence-electron chi connectivity index (χ1n) is 9.88. The lowest BCUT2D eigenvalue weighted by Gasteiger charge is -2.32. The third kappa shape index (κ3) is 4.46. The summed E-state index contributed by atoms with van der Waals surface area (Å²) >= 11 is 0. The maximum Gasteiger partial charge on any atom is 0.254 e. The molecule has 0 saturated carbocycles. The van der Waals surface area contributed by atoms with Gasteiger partial charge in [-0.15, -0.1) is 0 Å². The minimum absolute atomic E-state index is 0.131. The van der Waals surface area contributed by atoms with Crippen molar-refractivity contribution in [2.24, 2.45) is 5.92 Å². The van der Waals surface area contributed by atoms with Gasteiger partial charge in [0.15, 0.2) is 0 Å². The van der Waals surface area contributed by atoms with Crippen molar-refractivity contribution in [1.82, 2.24) is 14.9 Å². The number of benzene rings is 1. The topological polar surface area (TPSA) is 58.1 Å². The van der Waals surface area contributed by atoms with Crippen molar-refractivity contribution in [1.29, 1.82) is 0 Å². The van der Waals surface area contributed by atoms with Gasteiger partial charge in [-0.25, -0.2) is 0 Å². The fraction of sp³-hybridized carbons (Fsp3) is 0.500. The number of nitrogens with one attached hydrogen (secondary N) is 1. The molecule has 1 aromatic carbocycles. The monoisotopic (exact) mass is 366 g/mol. The Kier molecular flexibility index (Phi) is 6.09. The van der Waals surface area contributed by atoms with Crippen molar-refractivity contribution in [3.63, 3.8) is 0 Å². The highest BCUT2D eigenvalue weighted by molar-refractivity contribution is 5.97. The lowest BCUT2D eigenvalue weighted by molar-refractivity contribution is 0.0711. The number of hydrogen-bond acceptors (Lipinski definition) is 4. The van der Waals surface area contributed by atoms with E-state index in [-0.39, 0.29) is 5.91 Å². The van der Waals surface area contributed by atoms with E-state index in [9.17, 15) is 4.79 Å². The van der Waals surface area contributed by atoms with Gasteiger partial charge in [0.25, 0.3) is 5.91 Å². The summed E-state index contributed by atoms with van der Waals surface area (Å²) in [6, 6.07) is 6.34. The number of aromatic nitrogens is 2. The molecule has 0 unspecified atom stereocenters. The van der Waals surface area contributed by atoms with Crippen LogP contribution in [0, 0.1) is 12.8 Å². The standard InChI is InChI=1S/C22H30N4O/c1-15(2)17(4)25-20-7-5-6-19(16(20)3)22(27)26-12-8-18(9-13-26)21-14-23-10-11-24-21/h5-7,10-11,14-15,17-18,25H,8-9,12-13H2,1-4H3/t17-/m0/s1. The molecule has 1 amide bonds. The number of carbonyl (C=O) groups is 1. The van der Waals surface area contributed by atoms with Crippen LogP contribution in [0.1, 0.15) is 61.1 Å². The van der Waals surface area contributed by atoms with Crippen LogP contribution in [0.5, 0.6) is 0 Å². The van der Waals surface area contributed by atoms with Crippen LogP contribution in [-0.4, -0.2) is 39.9 Å². The average Bonchev–Trinajstić information content (AvgIpc) is 2.69. The fourth-order valence-corrected chi connectivity index (χ4v) is 3.51. The summed E-state index contributed by atoms with van der Waals surface area (Å²) in [6.45, 7) is 10.1. The Morgan fingerprint density at radius 1 is 1.19 bits per heavy atom. The molecule has 2 aromatic rings. The first-order chi connectivity index (χ1) is 13.0. The quantitative estimate of drug-likeness (QED) is 0.859. The molecule has 2 heterocycles. The van der Waals surface area contributed by atoms with Gasteiger partial charge in [0.2, 0.25) is 0 Å². The van der Waals surface area contributed by atoms with Gasteiger partial charge < -0.3 is 10.2 Å². The Labute approximate surface area is 162 Å². The van der Waals surface area contributed by atoms with Crippen LogP contribution in [0.3, 0.4) is 0 Å². The van der Waals surface area contributed by atoms with E-state index in [0.29, 0.717) is 17.9 Å². The number of anilines is 1. The van der Waals surface area contributed by atoms with Gasteiger partial charge in [-0.2, -0.15) is 0 Å². The van der Waals surface area contributed by atoms with E-state index in [1.54, 1.807) is 12.4 Å². The second kappa shape index (κ2) is 8.51. The van der Waals surface area contributed by atoms with E-state index in [1.165, 1.54) is 0 Å². The van der Waals surface area contributed by atoms with Crippen molar-refractivity contribution in [2.75, 3.05) is 18.4 Å². The van der Waals surface area contributed by atoms with E-state index in [2.05, 4.69) is 42.1 Å². The summed E-state index contributed by atoms with van der Waals surface area (Å²) in [4.78, 5) is 23.7. The van der Waals surface area contributed by atoms with Gasteiger partial charge in [0.1, 0.15) is 0 Å². The van der Waals surface area contributed by atoms with E-state index < -0.39 is 0 Å². The maximum atomic E-state index is 13.1. The molecule has 1 fully saturated rings. The minimum atomic E-state index is 0.131. The Bertz CT molecular complexity index is 767. The maximum absolute atomic E-state index is 13.1. The van der Waals surface area contributed by atoms with Crippen molar-refractivity contribution < 1.29 is 4.79 Å². The summed E-state index contributed by atoms with van der Waals surface area (Å²) < 4.78 is 0. The zero-order chi connectivity index (χ0) is 19.4. The van der Waals surface area contributed by atoms with Crippen molar-refractivity contribution in [3.8, 4) is 0 Å². The second-order valence-electron chi connectivity index (χ2n) is 7.85. The van der Waals surface area contributed by atoms with Gasteiger partial charge in [-0.3, -0.25) is 14.8 Å². The van der Waals surface area contributed by atoms with Crippen LogP contribution in [0.4, 0.5) is 5.69 Å². The lowest BCUT2D eigenvalue weighted by atomic mass is 9.93. The number of likely N-dealkylation sites (tertiary alicyclic amines) is 1. The van der Waals surface area contributed by atoms with Gasteiger partial charge in [-0.05, 0) is 50.3 Å². The minimum Gasteiger partial charge on any atom is -0.382 e. The molecule has 0 radical (unpaired) electrons. The normalized spacial score (nSPS) is 16.4. The number of nitrogens with zero attached hydrogens (tertiary/aromatic N) is 3. The predicted molar refractivity (Wildman–Crippen MR) is 109 cm³/mol. The highest BCUT2D eigenvalue weighted by Gasteiger charge is 2.26. The smallest absolute Gasteiger partial charge is 0.254 e. The first-order valence-corrected chi connectivity index (χ1v) is 9.88. The Balaban J connectivity index is 1.68. The van der Waals surface area contributed by atoms with E-state index in [0.717, 1.165) is 48.4 Å². The summed E-state index contributed by atoms with van der Waals surface area (Å²) in [7, 11) is 0. The summed E-state index contributed by atoms with van der Waals surface area (Å²) in [5, 5.41) is 3.55. The molecule has 5 heteroatoms. The molecule has 1 aliphatic rings. The Morgan fingerprint density at radius 2 is 1.93 bits per heavy atom. The number of rotatable bonds is 5. The molecule has 1 N–H and O–H groups in total. The third-order valence-electron chi connectivity index (χ3n) is 5.73. The van der Waals surface area contributed by atoms with E-state index >= 15 is 0 Å². The van der Waals surface area contributed by atoms with Crippen molar-refractivity contribution in [3.05, 3.63) is 53.6 Å². The average molecular weight is 367 g/mol. The summed E-state index contributed by atoms with van der Waals surface area (Å²) in [5.74, 6) is 1.05. The van der Waals surface area contributed by atoms with Crippen molar-refractivity contribution in [2.45, 2.75) is 52.5 Å². The van der Waals surface area contributed by atoms with Crippen LogP contribution in [-0.2, 0) is 0 Å². The SMILES string of the molecule is Cc1c(N[C@@H](C)C(C)C)cccc1C(=O)N1CCC(c2cnccn2)CC1. The molecule has 1 atom stereocenters. The Hall–Kier alpha value is -2.43. The fourth-order valence-electron chi connectivity index (χ4n) is 3.51. The molecule has 0 spiro atoms. The largest absolute Gasteiger partial charge is 0.382 e. The molecule has 0 aliphatic carbocycles. The van der Waals surface area contributed by atoms with Crippen LogP contribution in [0.25, 0.3) is 0 Å². The molecule has 144 valence electrons. The zero-order valence-electron chi connectivity index (χ0n) is 16.8. The Morgan fingerprint density at radius 3 is 2.56 bits per heavy atom. The van der Waals surface area contributed by atoms with E-state index in [4.69, 9.17) is 0 Å². The molecule has 0 bridgehead atoms. The van der Waals surface area contributed by atoms with Gasteiger partial charge in [-0.1, -0.05) is 19.9 Å². The van der Waals surface area contributed by atoms with Crippen LogP contribution in [0.15, 0.2) is 36.8 Å². The zero-order valence-corrected chi connectivity index (χ0v) is 16.8. The van der Waals surface area contributed by atoms with Crippen LogP contribution >= 0.6 is 0 Å². The van der Waals surface area contributed by atoms with Crippen LogP contribution < -0.4 is 5.32 Å². The van der Waals surface area contributed by atoms with Gasteiger partial charge in [0.05, 0.1) is 5.69 Å². The van der Waals surface area contributed by atoms with Crippen LogP contribution in [0.2, 0.25) is 0 Å². The molecule has 3 rings (SSSR count). The molecular formula is C22H30N4O. The second-order valence-corrected chi connectivity index (χ2v) is 7.85. The number of piperidine rings is 1. The van der Waals surface area contributed by atoms with Gasteiger partial charge in [0, 0.05) is 54.9 Å². The third-order valence-corrected chi connectivity index (χ3v) is 5.73. The molecule has 1 saturated heterocycles. The van der Waals surface area contributed by atoms with Crippen molar-refractivity contribution >= 4 is 11.6 Å². The molecular weight excluding hydrogens is 336 g/mol. The highest BCUT2D eigenvalue weighted by atomic mass is 16.2. The number of hydrogen-bond donors (Lipinski definition) is 1. The highest BCUT2D eigenvalue weighted by Crippen LogP contribution is 2.28. The number of carbonyl (C=O) groups excluding carboxylic acids is 1. The summed E-state index contributed by atoms with van der Waals surface area (Å²) in [6.07, 6.45) is 7.16. The van der Waals surface area contributed by atoms with Gasteiger partial charge >= 0.3 is 0 Å². The molecule has 5 nitrogen and oxygen atoms in total. The molecule has 1 aliphatic heterocycles. The molecule has 27 heavy (non-hydrogen) atoms. The van der Waals surface area contributed by atoms with E-state index in [1.807, 2.05) is 30.2 Å².